The second-order valence-corrected chi connectivity index (χ2v) is 8.05. The molecule has 1 aromatic heterocycles. The first kappa shape index (κ1) is 21.4. The van der Waals surface area contributed by atoms with Gasteiger partial charge in [-0.05, 0) is 37.3 Å². The summed E-state index contributed by atoms with van der Waals surface area (Å²) in [6.07, 6.45) is 0. The number of nitrogens with zero attached hydrogens (tertiary/aromatic N) is 2. The van der Waals surface area contributed by atoms with Crippen molar-refractivity contribution in [3.8, 4) is 0 Å². The van der Waals surface area contributed by atoms with Gasteiger partial charge in [-0.25, -0.2) is 4.79 Å². The monoisotopic (exact) mass is 444 g/mol. The van der Waals surface area contributed by atoms with Crippen molar-refractivity contribution in [1.82, 2.24) is 4.57 Å². The van der Waals surface area contributed by atoms with Gasteiger partial charge in [0.05, 0.1) is 22.4 Å². The number of aromatic nitrogens is 1. The quantitative estimate of drug-likeness (QED) is 0.338. The van der Waals surface area contributed by atoms with Crippen molar-refractivity contribution in [3.63, 3.8) is 0 Å². The van der Waals surface area contributed by atoms with Gasteiger partial charge >= 0.3 is 5.97 Å². The molecule has 160 valence electrons. The van der Waals surface area contributed by atoms with Gasteiger partial charge in [-0.3, -0.25) is 9.59 Å². The van der Waals surface area contributed by atoms with E-state index >= 15 is 0 Å². The molecule has 0 saturated carbocycles. The lowest BCUT2D eigenvalue weighted by Crippen LogP contribution is -2.13. The first-order valence-corrected chi connectivity index (χ1v) is 10.8. The smallest absolute Gasteiger partial charge is 0.338 e. The van der Waals surface area contributed by atoms with Gasteiger partial charge in [-0.2, -0.15) is 4.99 Å². The molecule has 0 fully saturated rings. The summed E-state index contributed by atoms with van der Waals surface area (Å²) in [4.78, 5) is 42.0. The lowest BCUT2D eigenvalue weighted by molar-refractivity contribution is 0.0526. The molecule has 0 bridgehead atoms. The van der Waals surface area contributed by atoms with Gasteiger partial charge in [0.2, 0.25) is 0 Å². The van der Waals surface area contributed by atoms with Crippen molar-refractivity contribution in [3.05, 3.63) is 99.9 Å². The number of thiazole rings is 1. The highest BCUT2D eigenvalue weighted by Crippen LogP contribution is 2.19. The van der Waals surface area contributed by atoms with Gasteiger partial charge in [0, 0.05) is 23.7 Å². The number of benzene rings is 3. The standard InChI is InChI=1S/C25H20N2O4S/c1-3-31-24(30)19-13-14-20-21(15-19)32-25(27(20)2)26-23(29)18-11-9-17(10-12-18)22(28)16-7-5-4-6-8-16/h4-15H,3H2,1-2H3. The fourth-order valence-corrected chi connectivity index (χ4v) is 4.31. The van der Waals surface area contributed by atoms with Gasteiger partial charge in [-0.15, -0.1) is 0 Å². The molecule has 1 heterocycles. The van der Waals surface area contributed by atoms with Crippen molar-refractivity contribution in [1.29, 1.82) is 0 Å². The maximum atomic E-state index is 12.7. The van der Waals surface area contributed by atoms with E-state index in [1.165, 1.54) is 11.3 Å². The summed E-state index contributed by atoms with van der Waals surface area (Å²) in [5.74, 6) is -0.892. The van der Waals surface area contributed by atoms with Crippen LogP contribution >= 0.6 is 11.3 Å². The Bertz CT molecular complexity index is 1380. The molecule has 0 aliphatic heterocycles. The number of fused-ring (bicyclic) bond motifs is 1. The highest BCUT2D eigenvalue weighted by molar-refractivity contribution is 7.16. The zero-order valence-corrected chi connectivity index (χ0v) is 18.4. The Kier molecular flexibility index (Phi) is 6.09. The molecule has 0 aliphatic carbocycles. The van der Waals surface area contributed by atoms with Crippen LogP contribution in [-0.4, -0.2) is 28.8 Å². The van der Waals surface area contributed by atoms with Crippen LogP contribution in [0.2, 0.25) is 0 Å². The van der Waals surface area contributed by atoms with E-state index in [4.69, 9.17) is 4.74 Å². The summed E-state index contributed by atoms with van der Waals surface area (Å²) in [6.45, 7) is 2.06. The molecule has 0 saturated heterocycles. The first-order chi connectivity index (χ1) is 15.5. The maximum Gasteiger partial charge on any atom is 0.338 e. The number of aryl methyl sites for hydroxylation is 1. The number of rotatable bonds is 5. The minimum absolute atomic E-state index is 0.102. The van der Waals surface area contributed by atoms with Crippen LogP contribution in [0.25, 0.3) is 10.2 Å². The Labute approximate surface area is 188 Å². The number of carbonyl (C=O) groups is 3. The van der Waals surface area contributed by atoms with E-state index in [9.17, 15) is 14.4 Å². The molecule has 1 amide bonds. The molecule has 0 N–H and O–H groups in total. The number of ether oxygens (including phenoxy) is 1. The van der Waals surface area contributed by atoms with Gasteiger partial charge in [0.15, 0.2) is 10.6 Å². The number of ketones is 1. The fourth-order valence-electron chi connectivity index (χ4n) is 3.25. The Morgan fingerprint density at radius 1 is 0.875 bits per heavy atom. The second-order valence-electron chi connectivity index (χ2n) is 7.04. The van der Waals surface area contributed by atoms with Crippen LogP contribution < -0.4 is 4.80 Å². The highest BCUT2D eigenvalue weighted by atomic mass is 32.1. The van der Waals surface area contributed by atoms with Gasteiger partial charge in [0.25, 0.3) is 5.91 Å². The highest BCUT2D eigenvalue weighted by Gasteiger charge is 2.13. The van der Waals surface area contributed by atoms with Crippen LogP contribution in [0.3, 0.4) is 0 Å². The topological polar surface area (TPSA) is 77.7 Å². The lowest BCUT2D eigenvalue weighted by Gasteiger charge is -2.02. The Hall–Kier alpha value is -3.84. The first-order valence-electron chi connectivity index (χ1n) is 10.0. The molecule has 0 aliphatic rings. The normalized spacial score (nSPS) is 11.5. The van der Waals surface area contributed by atoms with Crippen molar-refractivity contribution in [2.75, 3.05) is 6.61 Å². The number of hydrogen-bond donors (Lipinski definition) is 0. The minimum Gasteiger partial charge on any atom is -0.462 e. The van der Waals surface area contributed by atoms with Crippen LogP contribution in [0.1, 0.15) is 43.6 Å². The van der Waals surface area contributed by atoms with E-state index in [0.717, 1.165) is 10.2 Å². The molecular weight excluding hydrogens is 424 g/mol. The van der Waals surface area contributed by atoms with E-state index in [0.29, 0.717) is 33.7 Å². The molecule has 0 unspecified atom stereocenters. The van der Waals surface area contributed by atoms with Crippen LogP contribution in [0.5, 0.6) is 0 Å². The van der Waals surface area contributed by atoms with E-state index in [1.54, 1.807) is 60.0 Å². The maximum absolute atomic E-state index is 12.7. The van der Waals surface area contributed by atoms with Crippen molar-refractivity contribution in [2.45, 2.75) is 6.92 Å². The molecule has 32 heavy (non-hydrogen) atoms. The van der Waals surface area contributed by atoms with Crippen LogP contribution in [-0.2, 0) is 11.8 Å². The molecular formula is C25H20N2O4S. The summed E-state index contributed by atoms with van der Waals surface area (Å²) in [7, 11) is 1.82. The molecule has 0 atom stereocenters. The van der Waals surface area contributed by atoms with E-state index in [-0.39, 0.29) is 11.8 Å². The Morgan fingerprint density at radius 3 is 2.19 bits per heavy atom. The van der Waals surface area contributed by atoms with E-state index in [2.05, 4.69) is 4.99 Å². The van der Waals surface area contributed by atoms with E-state index in [1.807, 2.05) is 31.3 Å². The van der Waals surface area contributed by atoms with Crippen LogP contribution in [0.4, 0.5) is 0 Å². The van der Waals surface area contributed by atoms with Crippen molar-refractivity contribution >= 4 is 39.2 Å². The predicted octanol–water partition coefficient (Wildman–Crippen LogP) is 4.39. The van der Waals surface area contributed by atoms with Crippen molar-refractivity contribution in [2.24, 2.45) is 12.0 Å². The summed E-state index contributed by atoms with van der Waals surface area (Å²) >= 11 is 1.32. The largest absolute Gasteiger partial charge is 0.462 e. The van der Waals surface area contributed by atoms with Crippen LogP contribution in [0, 0.1) is 0 Å². The zero-order chi connectivity index (χ0) is 22.7. The zero-order valence-electron chi connectivity index (χ0n) is 17.6. The van der Waals surface area contributed by atoms with Crippen LogP contribution in [0.15, 0.2) is 77.8 Å². The molecule has 4 aromatic rings. The number of carbonyl (C=O) groups excluding carboxylic acids is 3. The molecule has 6 nitrogen and oxygen atoms in total. The summed E-state index contributed by atoms with van der Waals surface area (Å²) in [5.41, 5.74) is 2.80. The van der Waals surface area contributed by atoms with E-state index < -0.39 is 5.91 Å². The molecule has 0 radical (unpaired) electrons. The summed E-state index contributed by atoms with van der Waals surface area (Å²) in [5, 5.41) is 0. The number of amides is 1. The third-order valence-corrected chi connectivity index (χ3v) is 6.04. The number of esters is 1. The minimum atomic E-state index is -0.406. The van der Waals surface area contributed by atoms with Gasteiger partial charge < -0.3 is 9.30 Å². The SMILES string of the molecule is CCOC(=O)c1ccc2c(c1)sc(=NC(=O)c1ccc(C(=O)c3ccccc3)cc1)n2C. The molecule has 3 aromatic carbocycles. The average Bonchev–Trinajstić information content (AvgIpc) is 3.13. The molecule has 7 heteroatoms. The van der Waals surface area contributed by atoms with Gasteiger partial charge in [-0.1, -0.05) is 53.8 Å². The predicted molar refractivity (Wildman–Crippen MR) is 123 cm³/mol. The average molecular weight is 445 g/mol. The third-order valence-electron chi connectivity index (χ3n) is 4.95. The molecule has 0 spiro atoms. The summed E-state index contributed by atoms with van der Waals surface area (Å²) < 4.78 is 7.68. The second kappa shape index (κ2) is 9.11. The lowest BCUT2D eigenvalue weighted by atomic mass is 10.0. The number of hydrogen-bond acceptors (Lipinski definition) is 5. The van der Waals surface area contributed by atoms with Gasteiger partial charge in [0.1, 0.15) is 0 Å². The Balaban J connectivity index is 1.61. The summed E-state index contributed by atoms with van der Waals surface area (Å²) in [6, 6.07) is 20.7. The van der Waals surface area contributed by atoms with Crippen molar-refractivity contribution < 1.29 is 19.1 Å². The Morgan fingerprint density at radius 2 is 1.50 bits per heavy atom. The molecule has 4 rings (SSSR count). The fraction of sp³-hybridized carbons (Fsp3) is 0.120. The third kappa shape index (κ3) is 4.29.